The normalized spacial score (nSPS) is 32.5. The molecule has 498 valence electrons. The van der Waals surface area contributed by atoms with Crippen LogP contribution < -0.4 is 52.4 Å². The summed E-state index contributed by atoms with van der Waals surface area (Å²) in [5.41, 5.74) is 13.9. The van der Waals surface area contributed by atoms with Gasteiger partial charge in [0.15, 0.2) is 28.7 Å². The fourth-order valence-corrected chi connectivity index (χ4v) is 16.5. The zero-order valence-electron chi connectivity index (χ0n) is 52.3. The molecule has 3 saturated heterocycles. The lowest BCUT2D eigenvalue weighted by Crippen LogP contribution is -2.72. The summed E-state index contributed by atoms with van der Waals surface area (Å²) >= 11 is 0. The Balaban J connectivity index is 1.03. The highest BCUT2D eigenvalue weighted by Crippen LogP contribution is 2.55. The van der Waals surface area contributed by atoms with E-state index < -0.39 is 121 Å². The van der Waals surface area contributed by atoms with E-state index in [0.717, 1.165) is 42.4 Å². The summed E-state index contributed by atoms with van der Waals surface area (Å²) in [6, 6.07) is 20.9. The number of benzene rings is 4. The molecule has 10 aliphatic rings. The number of dihydropyridines is 1. The zero-order valence-corrected chi connectivity index (χ0v) is 52.3. The number of hydrogen-bond acceptors (Lipinski definition) is 22. The monoisotopic (exact) mass is 1290 g/mol. The van der Waals surface area contributed by atoms with Crippen LogP contribution in [0.15, 0.2) is 95.8 Å². The number of rotatable bonds is 12. The van der Waals surface area contributed by atoms with E-state index >= 15 is 9.59 Å². The molecule has 0 aromatic heterocycles. The van der Waals surface area contributed by atoms with Gasteiger partial charge in [-0.25, -0.2) is 0 Å². The lowest BCUT2D eigenvalue weighted by Gasteiger charge is -2.53. The van der Waals surface area contributed by atoms with Gasteiger partial charge in [-0.3, -0.25) is 30.8 Å². The summed E-state index contributed by atoms with van der Waals surface area (Å²) in [6.45, 7) is -0.636. The summed E-state index contributed by atoms with van der Waals surface area (Å²) in [7, 11) is 0. The van der Waals surface area contributed by atoms with Crippen LogP contribution in [0.2, 0.25) is 0 Å². The Labute approximate surface area is 544 Å². The number of carbonyl (C=O) groups excluding carboxylic acids is 4. The molecule has 15 N–H and O–H groups in total. The van der Waals surface area contributed by atoms with Gasteiger partial charge in [0.2, 0.25) is 12.2 Å². The minimum absolute atomic E-state index is 0.0432. The number of ketones is 2. The number of aliphatic hydroxyl groups is 6. The van der Waals surface area contributed by atoms with Gasteiger partial charge in [-0.05, 0) is 109 Å². The van der Waals surface area contributed by atoms with Crippen LogP contribution in [-0.2, 0) is 43.2 Å². The van der Waals surface area contributed by atoms with Crippen LogP contribution in [0.5, 0.6) is 11.5 Å². The smallest absolute Gasteiger partial charge is 0.242 e. The number of aldehydes is 1. The second-order valence-corrected chi connectivity index (χ2v) is 27.2. The van der Waals surface area contributed by atoms with Gasteiger partial charge >= 0.3 is 0 Å². The molecule has 14 rings (SSSR count). The van der Waals surface area contributed by atoms with E-state index in [2.05, 4.69) is 38.4 Å². The van der Waals surface area contributed by atoms with E-state index in [1.807, 2.05) is 59.5 Å². The molecule has 94 heavy (non-hydrogen) atoms. The average molecular weight is 1290 g/mol. The number of fused-ring (bicyclic) bond motifs is 12. The molecule has 8 bridgehead atoms. The van der Waals surface area contributed by atoms with Crippen molar-refractivity contribution >= 4 is 29.4 Å². The maximum Gasteiger partial charge on any atom is 0.242 e. The third-order valence-corrected chi connectivity index (χ3v) is 21.4. The van der Waals surface area contributed by atoms with Crippen molar-refractivity contribution in [2.24, 2.45) is 29.2 Å². The van der Waals surface area contributed by atoms with E-state index in [4.69, 9.17) is 35.2 Å². The largest absolute Gasteiger partial charge is 0.486 e. The Bertz CT molecular complexity index is 3730. The van der Waals surface area contributed by atoms with Crippen LogP contribution in [0.4, 0.5) is 5.69 Å². The van der Waals surface area contributed by atoms with Crippen molar-refractivity contribution in [3.8, 4) is 23.3 Å². The van der Waals surface area contributed by atoms with Gasteiger partial charge in [-0.2, -0.15) is 0 Å². The molecule has 4 aromatic carbocycles. The third kappa shape index (κ3) is 11.8. The minimum Gasteiger partial charge on any atom is -0.486 e. The van der Waals surface area contributed by atoms with E-state index in [-0.39, 0.29) is 103 Å². The number of anilines is 1. The van der Waals surface area contributed by atoms with Crippen molar-refractivity contribution in [3.05, 3.63) is 146 Å². The Morgan fingerprint density at radius 2 is 1.68 bits per heavy atom. The molecular weight excluding hydrogens is 1200 g/mol. The number of carbonyl (C=O) groups is 4. The van der Waals surface area contributed by atoms with E-state index in [1.54, 1.807) is 12.1 Å². The van der Waals surface area contributed by atoms with Crippen molar-refractivity contribution in [1.29, 1.82) is 0 Å². The fourth-order valence-electron chi connectivity index (χ4n) is 16.5. The number of aliphatic hydroxyl groups excluding tert-OH is 5. The number of nitrogens with two attached hydrogens (primary N) is 2. The second kappa shape index (κ2) is 26.5. The Hall–Kier alpha value is -7.12. The van der Waals surface area contributed by atoms with Crippen LogP contribution in [0.1, 0.15) is 136 Å². The van der Waals surface area contributed by atoms with Crippen LogP contribution >= 0.6 is 0 Å². The fraction of sp³-hybridized carbons (Fsp3) is 0.521. The van der Waals surface area contributed by atoms with Crippen LogP contribution in [-0.4, -0.2) is 173 Å². The molecule has 23 nitrogen and oxygen atoms in total. The second-order valence-electron chi connectivity index (χ2n) is 27.2. The predicted molar refractivity (Wildman–Crippen MR) is 341 cm³/mol. The Kier molecular flexibility index (Phi) is 18.1. The number of nitrogens with one attached hydrogen (secondary N) is 5. The maximum atomic E-state index is 15.7. The average Bonchev–Trinajstić information content (AvgIpc) is 1.25. The number of ether oxygens (including phenoxy) is 5. The van der Waals surface area contributed by atoms with Crippen molar-refractivity contribution in [1.82, 2.24) is 26.6 Å². The highest BCUT2D eigenvalue weighted by Gasteiger charge is 2.65. The van der Waals surface area contributed by atoms with E-state index in [0.29, 0.717) is 73.3 Å². The number of hydrogen-bond donors (Lipinski definition) is 13. The van der Waals surface area contributed by atoms with Crippen molar-refractivity contribution in [2.75, 3.05) is 44.5 Å². The molecule has 15 unspecified atom stereocenters. The van der Waals surface area contributed by atoms with Gasteiger partial charge in [0.1, 0.15) is 55.5 Å². The standard InChI is InChI=1S/C71H84N8O15/c72-64-50(31-75-42-10-1-2-11-42)44(19-24-74-64)51-35-91-62-63(87)71(89)23-18-40(27-37-8-7-9-38(26-37)29-54(51)84)53(83)17-15-41-33-92-70(21-5-6-22-70)68(71)94-67(62)93-60-49(55(41)46-12-3-4-13-52(46)79-36-76-57-65(79)77-69(73)78-66(57)88)30-48-56(61(60)90-34-43(82)20-25-80)59(86)47-28-39(32-81)14-16-45(47)58(48)85/h3-4,7-9,12-14,16,19,25-26,28,30,40-43,51,53-55,57,62-63,65,67-69,74-77,81-84,87,89H,1-2,5-6,10-11,15,17,20-22,24,27,29,31-36,72-73H2,(H,78,88). The molecule has 23 heteroatoms. The molecular formula is C71H84N8O15. The lowest BCUT2D eigenvalue weighted by molar-refractivity contribution is -0.336. The third-order valence-electron chi connectivity index (χ3n) is 21.4. The molecule has 3 aliphatic carbocycles. The molecule has 7 heterocycles. The predicted octanol–water partition coefficient (Wildman–Crippen LogP) is 1.76. The van der Waals surface area contributed by atoms with Gasteiger partial charge in [0, 0.05) is 70.9 Å². The van der Waals surface area contributed by atoms with E-state index in [1.165, 1.54) is 12.1 Å². The molecule has 5 fully saturated rings. The van der Waals surface area contributed by atoms with Gasteiger partial charge in [-0.15, -0.1) is 0 Å². The first-order chi connectivity index (χ1) is 45.5. The summed E-state index contributed by atoms with van der Waals surface area (Å²) in [5, 5.41) is 92.1. The maximum absolute atomic E-state index is 15.7. The highest BCUT2D eigenvalue weighted by atomic mass is 16.7. The van der Waals surface area contributed by atoms with Crippen LogP contribution in [0.3, 0.4) is 0 Å². The van der Waals surface area contributed by atoms with Crippen molar-refractivity contribution < 1.29 is 73.5 Å². The van der Waals surface area contributed by atoms with Gasteiger partial charge in [0.05, 0.1) is 61.9 Å². The zero-order chi connectivity index (χ0) is 65.2. The Morgan fingerprint density at radius 3 is 2.48 bits per heavy atom. The first-order valence-electron chi connectivity index (χ1n) is 33.3. The summed E-state index contributed by atoms with van der Waals surface area (Å²) < 4.78 is 36.5. The van der Waals surface area contributed by atoms with Gasteiger partial charge < -0.3 is 85.7 Å². The van der Waals surface area contributed by atoms with Crippen molar-refractivity contribution in [3.63, 3.8) is 0 Å². The lowest BCUT2D eigenvalue weighted by atomic mass is 9.73. The first kappa shape index (κ1) is 64.2. The number of nitrogens with zero attached hydrogens (tertiary/aromatic N) is 1. The molecule has 0 radical (unpaired) electrons. The summed E-state index contributed by atoms with van der Waals surface area (Å²) in [4.78, 5) is 59.1. The SMILES string of the molecule is NC1=C(CNC2CCCC2)C(C2COC3C4Oc5c(cc6c(c5OCC(O)CC=O)C(=O)c5cc(CO)ccc5C6=O)C(c5ccccc5N5CNC6C(=O)NC(N)NC65)C5CCC(O)C(C#CC(O)(C3O)C(O4)C3(CCCC3)OC5)Cc3cccc(c3)CC2O)=CCN1. The van der Waals surface area contributed by atoms with Crippen LogP contribution in [0.25, 0.3) is 0 Å². The molecule has 1 amide bonds. The van der Waals surface area contributed by atoms with E-state index in [9.17, 15) is 40.2 Å². The molecule has 2 saturated carbocycles. The molecule has 7 aliphatic heterocycles. The Morgan fingerprint density at radius 1 is 0.883 bits per heavy atom. The topological polar surface area (TPSA) is 351 Å². The summed E-state index contributed by atoms with van der Waals surface area (Å²) in [5.74, 6) is 1.30. The van der Waals surface area contributed by atoms with Crippen LogP contribution in [0, 0.1) is 29.6 Å². The first-order valence-corrected chi connectivity index (χ1v) is 33.3. The number of para-hydroxylation sites is 1. The van der Waals surface area contributed by atoms with Crippen molar-refractivity contribution in [2.45, 2.75) is 175 Å². The minimum atomic E-state index is -2.54. The number of amides is 1. The molecule has 15 atom stereocenters. The highest BCUT2D eigenvalue weighted by molar-refractivity contribution is 6.29. The van der Waals surface area contributed by atoms with Gasteiger partial charge in [0.25, 0.3) is 0 Å². The summed E-state index contributed by atoms with van der Waals surface area (Å²) in [6.07, 6.45) is -3.65. The quantitative estimate of drug-likeness (QED) is 0.0625. The molecule has 1 spiro atoms. The van der Waals surface area contributed by atoms with Gasteiger partial charge in [-0.1, -0.05) is 92.1 Å². The molecule has 4 aromatic rings.